The Morgan fingerprint density at radius 3 is 2.93 bits per heavy atom. The summed E-state index contributed by atoms with van der Waals surface area (Å²) in [5.74, 6) is 0.917. The van der Waals surface area contributed by atoms with Gasteiger partial charge in [0.15, 0.2) is 0 Å². The summed E-state index contributed by atoms with van der Waals surface area (Å²) in [5, 5.41) is 5.65. The minimum atomic E-state index is 0.225. The van der Waals surface area contributed by atoms with Crippen LogP contribution in [0.15, 0.2) is 49.2 Å². The molecule has 1 aromatic heterocycles. The molecule has 0 amide bonds. The van der Waals surface area contributed by atoms with Crippen molar-refractivity contribution in [3.8, 4) is 0 Å². The average molecular weight is 198 g/mol. The second-order valence-corrected chi connectivity index (χ2v) is 3.55. The number of fused-ring (bicyclic) bond motifs is 1. The molecule has 0 saturated heterocycles. The van der Waals surface area contributed by atoms with Crippen LogP contribution in [0, 0.1) is 0 Å². The standard InChI is InChI=1S/C13H14N2/c1-3-10(2)15-13-12-7-5-4-6-11(12)8-9-14-13/h3-10H,1H2,2H3,(H,14,15). The van der Waals surface area contributed by atoms with E-state index in [-0.39, 0.29) is 6.04 Å². The maximum Gasteiger partial charge on any atom is 0.134 e. The quantitative estimate of drug-likeness (QED) is 0.766. The van der Waals surface area contributed by atoms with Gasteiger partial charge in [-0.3, -0.25) is 0 Å². The zero-order valence-electron chi connectivity index (χ0n) is 8.77. The van der Waals surface area contributed by atoms with E-state index in [1.54, 1.807) is 0 Å². The molecule has 76 valence electrons. The van der Waals surface area contributed by atoms with Gasteiger partial charge in [-0.05, 0) is 18.4 Å². The van der Waals surface area contributed by atoms with Crippen LogP contribution in [0.3, 0.4) is 0 Å². The number of hydrogen-bond donors (Lipinski definition) is 1. The lowest BCUT2D eigenvalue weighted by Crippen LogP contribution is -2.12. The van der Waals surface area contributed by atoms with Crippen LogP contribution in [0.4, 0.5) is 5.82 Å². The Labute approximate surface area is 89.7 Å². The highest BCUT2D eigenvalue weighted by Gasteiger charge is 2.02. The molecule has 0 saturated carbocycles. The van der Waals surface area contributed by atoms with Crippen LogP contribution in [0.2, 0.25) is 0 Å². The first-order valence-electron chi connectivity index (χ1n) is 5.04. The fraction of sp³-hybridized carbons (Fsp3) is 0.154. The molecule has 1 N–H and O–H groups in total. The minimum absolute atomic E-state index is 0.225. The Morgan fingerprint density at radius 2 is 2.13 bits per heavy atom. The number of nitrogens with zero attached hydrogens (tertiary/aromatic N) is 1. The summed E-state index contributed by atoms with van der Waals surface area (Å²) >= 11 is 0. The molecule has 1 aromatic carbocycles. The first-order chi connectivity index (χ1) is 7.31. The van der Waals surface area contributed by atoms with E-state index in [1.807, 2.05) is 30.5 Å². The first-order valence-corrected chi connectivity index (χ1v) is 5.04. The molecule has 0 aliphatic carbocycles. The van der Waals surface area contributed by atoms with Crippen molar-refractivity contribution >= 4 is 16.6 Å². The third-order valence-corrected chi connectivity index (χ3v) is 2.39. The van der Waals surface area contributed by atoms with Crippen molar-refractivity contribution in [3.63, 3.8) is 0 Å². The van der Waals surface area contributed by atoms with Crippen LogP contribution in [-0.2, 0) is 0 Å². The predicted molar refractivity (Wildman–Crippen MR) is 65.0 cm³/mol. The summed E-state index contributed by atoms with van der Waals surface area (Å²) in [6.45, 7) is 5.80. The van der Waals surface area contributed by atoms with Gasteiger partial charge in [-0.15, -0.1) is 6.58 Å². The molecule has 0 fully saturated rings. The third-order valence-electron chi connectivity index (χ3n) is 2.39. The molecule has 0 radical (unpaired) electrons. The summed E-state index contributed by atoms with van der Waals surface area (Å²) in [6, 6.07) is 10.4. The van der Waals surface area contributed by atoms with Crippen LogP contribution in [0.1, 0.15) is 6.92 Å². The fourth-order valence-corrected chi connectivity index (χ4v) is 1.51. The molecule has 15 heavy (non-hydrogen) atoms. The highest BCUT2D eigenvalue weighted by molar-refractivity contribution is 5.91. The van der Waals surface area contributed by atoms with Crippen LogP contribution >= 0.6 is 0 Å². The summed E-state index contributed by atoms with van der Waals surface area (Å²) in [7, 11) is 0. The Kier molecular flexibility index (Phi) is 2.68. The van der Waals surface area contributed by atoms with E-state index < -0.39 is 0 Å². The van der Waals surface area contributed by atoms with Crippen molar-refractivity contribution in [2.24, 2.45) is 0 Å². The van der Waals surface area contributed by atoms with E-state index in [0.717, 1.165) is 11.2 Å². The van der Waals surface area contributed by atoms with E-state index in [4.69, 9.17) is 0 Å². The summed E-state index contributed by atoms with van der Waals surface area (Å²) in [4.78, 5) is 4.34. The molecule has 2 rings (SSSR count). The zero-order chi connectivity index (χ0) is 10.7. The summed E-state index contributed by atoms with van der Waals surface area (Å²) < 4.78 is 0. The van der Waals surface area contributed by atoms with E-state index >= 15 is 0 Å². The van der Waals surface area contributed by atoms with Crippen molar-refractivity contribution in [1.29, 1.82) is 0 Å². The van der Waals surface area contributed by atoms with Gasteiger partial charge >= 0.3 is 0 Å². The highest BCUT2D eigenvalue weighted by Crippen LogP contribution is 2.20. The lowest BCUT2D eigenvalue weighted by molar-refractivity contribution is 0.989. The van der Waals surface area contributed by atoms with Crippen molar-refractivity contribution in [2.75, 3.05) is 5.32 Å². The van der Waals surface area contributed by atoms with Gasteiger partial charge in [-0.25, -0.2) is 4.98 Å². The molecule has 2 heteroatoms. The van der Waals surface area contributed by atoms with Gasteiger partial charge in [0, 0.05) is 17.6 Å². The average Bonchev–Trinajstić information content (AvgIpc) is 2.29. The molecule has 1 unspecified atom stereocenters. The first kappa shape index (κ1) is 9.71. The normalized spacial score (nSPS) is 12.3. The van der Waals surface area contributed by atoms with Gasteiger partial charge in [0.2, 0.25) is 0 Å². The number of nitrogens with one attached hydrogen (secondary N) is 1. The van der Waals surface area contributed by atoms with E-state index in [0.29, 0.717) is 0 Å². The van der Waals surface area contributed by atoms with Crippen molar-refractivity contribution in [1.82, 2.24) is 4.98 Å². The largest absolute Gasteiger partial charge is 0.364 e. The Balaban J connectivity index is 2.46. The molecular formula is C13H14N2. The van der Waals surface area contributed by atoms with E-state index in [2.05, 4.69) is 35.9 Å². The van der Waals surface area contributed by atoms with Crippen molar-refractivity contribution < 1.29 is 0 Å². The van der Waals surface area contributed by atoms with Gasteiger partial charge < -0.3 is 5.32 Å². The van der Waals surface area contributed by atoms with Crippen LogP contribution in [0.5, 0.6) is 0 Å². The van der Waals surface area contributed by atoms with Crippen molar-refractivity contribution in [2.45, 2.75) is 13.0 Å². The topological polar surface area (TPSA) is 24.9 Å². The summed E-state index contributed by atoms with van der Waals surface area (Å²) in [6.07, 6.45) is 3.68. The monoisotopic (exact) mass is 198 g/mol. The molecule has 0 aliphatic rings. The maximum atomic E-state index is 4.34. The van der Waals surface area contributed by atoms with E-state index in [1.165, 1.54) is 5.39 Å². The van der Waals surface area contributed by atoms with Gasteiger partial charge in [-0.2, -0.15) is 0 Å². The molecule has 1 atom stereocenters. The summed E-state index contributed by atoms with van der Waals surface area (Å²) in [5.41, 5.74) is 0. The van der Waals surface area contributed by atoms with Gasteiger partial charge in [0.25, 0.3) is 0 Å². The van der Waals surface area contributed by atoms with Gasteiger partial charge in [-0.1, -0.05) is 30.3 Å². The molecule has 2 nitrogen and oxygen atoms in total. The third kappa shape index (κ3) is 1.99. The predicted octanol–water partition coefficient (Wildman–Crippen LogP) is 3.22. The molecule has 2 aromatic rings. The lowest BCUT2D eigenvalue weighted by atomic mass is 10.1. The molecular weight excluding hydrogens is 184 g/mol. The number of rotatable bonds is 3. The van der Waals surface area contributed by atoms with Crippen LogP contribution in [-0.4, -0.2) is 11.0 Å². The molecule has 0 bridgehead atoms. The molecule has 1 heterocycles. The number of anilines is 1. The number of pyridine rings is 1. The van der Waals surface area contributed by atoms with E-state index in [9.17, 15) is 0 Å². The zero-order valence-corrected chi connectivity index (χ0v) is 8.77. The molecule has 0 spiro atoms. The van der Waals surface area contributed by atoms with Gasteiger partial charge in [0.05, 0.1) is 0 Å². The van der Waals surface area contributed by atoms with Crippen molar-refractivity contribution in [3.05, 3.63) is 49.2 Å². The number of aromatic nitrogens is 1. The minimum Gasteiger partial charge on any atom is -0.364 e. The smallest absolute Gasteiger partial charge is 0.134 e. The lowest BCUT2D eigenvalue weighted by Gasteiger charge is -2.11. The maximum absolute atomic E-state index is 4.34. The Morgan fingerprint density at radius 1 is 1.33 bits per heavy atom. The number of hydrogen-bond acceptors (Lipinski definition) is 2. The number of benzene rings is 1. The van der Waals surface area contributed by atoms with Gasteiger partial charge in [0.1, 0.15) is 5.82 Å². The van der Waals surface area contributed by atoms with Crippen LogP contribution in [0.25, 0.3) is 10.8 Å². The Hall–Kier alpha value is -1.83. The second kappa shape index (κ2) is 4.13. The SMILES string of the molecule is C=CC(C)Nc1nccc2ccccc12. The Bertz CT molecular complexity index is 471. The highest BCUT2D eigenvalue weighted by atomic mass is 15.0. The van der Waals surface area contributed by atoms with Crippen LogP contribution < -0.4 is 5.32 Å². The second-order valence-electron chi connectivity index (χ2n) is 3.55. The fourth-order valence-electron chi connectivity index (χ4n) is 1.51. The molecule has 0 aliphatic heterocycles.